The molecule has 0 aliphatic heterocycles. The van der Waals surface area contributed by atoms with E-state index in [-0.39, 0.29) is 18.8 Å². The summed E-state index contributed by atoms with van der Waals surface area (Å²) in [7, 11) is 2.00. The van der Waals surface area contributed by atoms with Crippen molar-refractivity contribution in [2.45, 2.75) is 25.9 Å². The van der Waals surface area contributed by atoms with Gasteiger partial charge in [0.15, 0.2) is 0 Å². The third-order valence-corrected chi connectivity index (χ3v) is 3.75. The van der Waals surface area contributed by atoms with Gasteiger partial charge in [0.2, 0.25) is 0 Å². The van der Waals surface area contributed by atoms with Crippen LogP contribution in [0, 0.1) is 11.8 Å². The van der Waals surface area contributed by atoms with Crippen LogP contribution in [0.1, 0.15) is 23.6 Å². The molecule has 0 aliphatic rings. The van der Waals surface area contributed by atoms with Gasteiger partial charge in [-0.1, -0.05) is 11.8 Å². The van der Waals surface area contributed by atoms with Crippen LogP contribution in [0.15, 0.2) is 12.1 Å². The first-order valence-corrected chi connectivity index (χ1v) is 6.32. The number of hydrogen-bond donors (Lipinski definition) is 2. The van der Waals surface area contributed by atoms with Gasteiger partial charge in [0.25, 0.3) is 0 Å². The van der Waals surface area contributed by atoms with Gasteiger partial charge in [-0.15, -0.1) is 11.3 Å². The molecule has 94 valence electrons. The molecule has 4 heteroatoms. The fourth-order valence-corrected chi connectivity index (χ4v) is 2.16. The average molecular weight is 253 g/mol. The molecule has 0 atom stereocenters. The summed E-state index contributed by atoms with van der Waals surface area (Å²) < 4.78 is 0. The molecule has 0 amide bonds. The number of thiophene rings is 1. The third-order valence-electron chi connectivity index (χ3n) is 2.77. The standard InChI is InChI=1S/C13H19NO2S/c1-13(2,10-16)14(3)9-12-7-6-11(17-12)5-4-8-15/h6-7,15-16H,8-10H2,1-3H3. The summed E-state index contributed by atoms with van der Waals surface area (Å²) in [5.41, 5.74) is -0.221. The molecule has 0 aromatic carbocycles. The summed E-state index contributed by atoms with van der Waals surface area (Å²) in [6.07, 6.45) is 0. The summed E-state index contributed by atoms with van der Waals surface area (Å²) in [5, 5.41) is 17.9. The second-order valence-corrected chi connectivity index (χ2v) is 5.72. The summed E-state index contributed by atoms with van der Waals surface area (Å²) >= 11 is 1.62. The molecule has 0 radical (unpaired) electrons. The van der Waals surface area contributed by atoms with Crippen molar-refractivity contribution < 1.29 is 10.2 Å². The van der Waals surface area contributed by atoms with Gasteiger partial charge in [-0.3, -0.25) is 4.90 Å². The zero-order chi connectivity index (χ0) is 12.9. The number of rotatable bonds is 4. The highest BCUT2D eigenvalue weighted by Gasteiger charge is 2.22. The van der Waals surface area contributed by atoms with Crippen LogP contribution in [0.5, 0.6) is 0 Å². The molecule has 2 N–H and O–H groups in total. The predicted octanol–water partition coefficient (Wildman–Crippen LogP) is 1.29. The Morgan fingerprint density at radius 3 is 2.65 bits per heavy atom. The second kappa shape index (κ2) is 6.18. The van der Waals surface area contributed by atoms with E-state index in [0.29, 0.717) is 0 Å². The Morgan fingerprint density at radius 2 is 2.06 bits per heavy atom. The van der Waals surface area contributed by atoms with Crippen LogP contribution in [0.4, 0.5) is 0 Å². The molecule has 0 fully saturated rings. The fraction of sp³-hybridized carbons (Fsp3) is 0.538. The van der Waals surface area contributed by atoms with E-state index in [1.165, 1.54) is 4.88 Å². The Balaban J connectivity index is 2.66. The summed E-state index contributed by atoms with van der Waals surface area (Å²) in [6.45, 7) is 4.83. The van der Waals surface area contributed by atoms with Crippen LogP contribution in [0.2, 0.25) is 0 Å². The van der Waals surface area contributed by atoms with Gasteiger partial charge in [0, 0.05) is 17.0 Å². The monoisotopic (exact) mass is 253 g/mol. The zero-order valence-corrected chi connectivity index (χ0v) is 11.3. The van der Waals surface area contributed by atoms with Crippen molar-refractivity contribution >= 4 is 11.3 Å². The first-order valence-electron chi connectivity index (χ1n) is 5.50. The molecule has 0 saturated heterocycles. The minimum absolute atomic E-state index is 0.106. The minimum atomic E-state index is -0.221. The van der Waals surface area contributed by atoms with Crippen molar-refractivity contribution in [1.82, 2.24) is 4.90 Å². The lowest BCUT2D eigenvalue weighted by molar-refractivity contribution is 0.0741. The van der Waals surface area contributed by atoms with Gasteiger partial charge < -0.3 is 10.2 Å². The molecule has 1 aromatic heterocycles. The van der Waals surface area contributed by atoms with Gasteiger partial charge in [-0.25, -0.2) is 0 Å². The Bertz CT molecular complexity index is 415. The van der Waals surface area contributed by atoms with Crippen LogP contribution in [0.3, 0.4) is 0 Å². The van der Waals surface area contributed by atoms with Crippen molar-refractivity contribution in [3.63, 3.8) is 0 Å². The lowest BCUT2D eigenvalue weighted by Crippen LogP contribution is -2.43. The minimum Gasteiger partial charge on any atom is -0.394 e. The molecule has 3 nitrogen and oxygen atoms in total. The fourth-order valence-electron chi connectivity index (χ4n) is 1.23. The van der Waals surface area contributed by atoms with E-state index in [1.54, 1.807) is 11.3 Å². The zero-order valence-electron chi connectivity index (χ0n) is 10.5. The number of nitrogens with zero attached hydrogens (tertiary/aromatic N) is 1. The number of aliphatic hydroxyl groups excluding tert-OH is 2. The maximum absolute atomic E-state index is 9.28. The quantitative estimate of drug-likeness (QED) is 0.795. The van der Waals surface area contributed by atoms with Gasteiger partial charge in [-0.05, 0) is 33.0 Å². The largest absolute Gasteiger partial charge is 0.394 e. The summed E-state index contributed by atoms with van der Waals surface area (Å²) in [5.74, 6) is 5.53. The van der Waals surface area contributed by atoms with E-state index in [4.69, 9.17) is 5.11 Å². The highest BCUT2D eigenvalue weighted by molar-refractivity contribution is 7.12. The SMILES string of the molecule is CN(Cc1ccc(C#CCO)s1)C(C)(C)CO. The van der Waals surface area contributed by atoms with Gasteiger partial charge in [0.05, 0.1) is 11.5 Å². The van der Waals surface area contributed by atoms with Crippen molar-refractivity contribution in [3.05, 3.63) is 21.9 Å². The highest BCUT2D eigenvalue weighted by atomic mass is 32.1. The first kappa shape index (κ1) is 14.2. The average Bonchev–Trinajstić information content (AvgIpc) is 2.74. The number of likely N-dealkylation sites (N-methyl/N-ethyl adjacent to an activating group) is 1. The molecule has 0 aliphatic carbocycles. The predicted molar refractivity (Wildman–Crippen MR) is 70.9 cm³/mol. The third kappa shape index (κ3) is 4.14. The summed E-state index contributed by atoms with van der Waals surface area (Å²) in [6, 6.07) is 4.00. The second-order valence-electron chi connectivity index (χ2n) is 4.55. The van der Waals surface area contributed by atoms with E-state index in [9.17, 15) is 5.11 Å². The molecule has 0 saturated carbocycles. The maximum atomic E-state index is 9.28. The van der Waals surface area contributed by atoms with E-state index < -0.39 is 0 Å². The molecular weight excluding hydrogens is 234 g/mol. The lowest BCUT2D eigenvalue weighted by atomic mass is 10.1. The number of aliphatic hydroxyl groups is 2. The van der Waals surface area contributed by atoms with Gasteiger partial charge >= 0.3 is 0 Å². The summed E-state index contributed by atoms with van der Waals surface area (Å²) in [4.78, 5) is 4.28. The van der Waals surface area contributed by atoms with Crippen molar-refractivity contribution in [3.8, 4) is 11.8 Å². The molecule has 0 spiro atoms. The molecule has 1 rings (SSSR count). The van der Waals surface area contributed by atoms with Crippen LogP contribution in [-0.4, -0.2) is 40.9 Å². The maximum Gasteiger partial charge on any atom is 0.104 e. The molecular formula is C13H19NO2S. The Labute approximate surface area is 107 Å². The van der Waals surface area contributed by atoms with Crippen LogP contribution >= 0.6 is 11.3 Å². The normalized spacial score (nSPS) is 11.4. The first-order chi connectivity index (χ1) is 7.99. The molecule has 1 heterocycles. The van der Waals surface area contributed by atoms with Crippen molar-refractivity contribution in [2.24, 2.45) is 0 Å². The lowest BCUT2D eigenvalue weighted by Gasteiger charge is -2.33. The number of hydrogen-bond acceptors (Lipinski definition) is 4. The van der Waals surface area contributed by atoms with E-state index in [0.717, 1.165) is 11.4 Å². The molecule has 17 heavy (non-hydrogen) atoms. The Morgan fingerprint density at radius 1 is 1.35 bits per heavy atom. The van der Waals surface area contributed by atoms with Crippen LogP contribution < -0.4 is 0 Å². The molecule has 1 aromatic rings. The van der Waals surface area contributed by atoms with Crippen LogP contribution in [0.25, 0.3) is 0 Å². The molecule has 0 bridgehead atoms. The highest BCUT2D eigenvalue weighted by Crippen LogP contribution is 2.20. The Kier molecular flexibility index (Phi) is 5.16. The van der Waals surface area contributed by atoms with E-state index in [2.05, 4.69) is 16.7 Å². The molecule has 0 unspecified atom stereocenters. The van der Waals surface area contributed by atoms with Crippen molar-refractivity contribution in [1.29, 1.82) is 0 Å². The van der Waals surface area contributed by atoms with Crippen LogP contribution in [-0.2, 0) is 6.54 Å². The van der Waals surface area contributed by atoms with Gasteiger partial charge in [-0.2, -0.15) is 0 Å². The Hall–Kier alpha value is -0.860. The van der Waals surface area contributed by atoms with E-state index >= 15 is 0 Å². The van der Waals surface area contributed by atoms with E-state index in [1.807, 2.05) is 33.0 Å². The van der Waals surface area contributed by atoms with Crippen molar-refractivity contribution in [2.75, 3.05) is 20.3 Å². The smallest absolute Gasteiger partial charge is 0.104 e. The topological polar surface area (TPSA) is 43.7 Å². The van der Waals surface area contributed by atoms with Gasteiger partial charge in [0.1, 0.15) is 6.61 Å².